The molecule has 102 valence electrons. The van der Waals surface area contributed by atoms with Crippen LogP contribution >= 0.6 is 23.4 Å². The molecule has 1 aromatic carbocycles. The van der Waals surface area contributed by atoms with Gasteiger partial charge < -0.3 is 10.2 Å². The molecule has 0 spiro atoms. The summed E-state index contributed by atoms with van der Waals surface area (Å²) in [4.78, 5) is 3.54. The standard InChI is InChI=1S/C14H23ClN2S/c1-4-7-16-11-12-10-13(15)5-6-14(12)18-9-8-17(2)3/h5-6,10,16H,4,7-9,11H2,1-3H3. The lowest BCUT2D eigenvalue weighted by Gasteiger charge is -2.12. The predicted molar refractivity (Wildman–Crippen MR) is 82.7 cm³/mol. The molecule has 0 aromatic heterocycles. The number of halogens is 1. The van der Waals surface area contributed by atoms with Crippen LogP contribution in [0.5, 0.6) is 0 Å². The van der Waals surface area contributed by atoms with Gasteiger partial charge in [0.25, 0.3) is 0 Å². The third kappa shape index (κ3) is 6.10. The summed E-state index contributed by atoms with van der Waals surface area (Å²) in [5, 5.41) is 4.26. The van der Waals surface area contributed by atoms with Crippen LogP contribution in [0.2, 0.25) is 5.02 Å². The van der Waals surface area contributed by atoms with E-state index in [2.05, 4.69) is 43.4 Å². The average molecular weight is 287 g/mol. The SMILES string of the molecule is CCCNCc1cc(Cl)ccc1SCCN(C)C. The van der Waals surface area contributed by atoms with E-state index in [1.165, 1.54) is 10.5 Å². The van der Waals surface area contributed by atoms with Gasteiger partial charge in [-0.3, -0.25) is 0 Å². The number of thioether (sulfide) groups is 1. The van der Waals surface area contributed by atoms with E-state index < -0.39 is 0 Å². The second-order valence-electron chi connectivity index (χ2n) is 4.58. The fraction of sp³-hybridized carbons (Fsp3) is 0.571. The summed E-state index contributed by atoms with van der Waals surface area (Å²) in [7, 11) is 4.21. The Hall–Kier alpha value is -0.220. The highest BCUT2D eigenvalue weighted by molar-refractivity contribution is 7.99. The summed E-state index contributed by atoms with van der Waals surface area (Å²) in [5.41, 5.74) is 1.31. The molecule has 0 bridgehead atoms. The van der Waals surface area contributed by atoms with Gasteiger partial charge in [0.2, 0.25) is 0 Å². The van der Waals surface area contributed by atoms with Crippen molar-refractivity contribution in [2.24, 2.45) is 0 Å². The largest absolute Gasteiger partial charge is 0.313 e. The van der Waals surface area contributed by atoms with E-state index in [1.807, 2.05) is 17.8 Å². The van der Waals surface area contributed by atoms with Crippen LogP contribution in [0.25, 0.3) is 0 Å². The molecule has 0 amide bonds. The second kappa shape index (κ2) is 8.81. The number of nitrogens with one attached hydrogen (secondary N) is 1. The highest BCUT2D eigenvalue weighted by atomic mass is 35.5. The van der Waals surface area contributed by atoms with Crippen LogP contribution in [0, 0.1) is 0 Å². The monoisotopic (exact) mass is 286 g/mol. The van der Waals surface area contributed by atoms with Crippen LogP contribution in [-0.2, 0) is 6.54 Å². The zero-order chi connectivity index (χ0) is 13.4. The maximum Gasteiger partial charge on any atom is 0.0410 e. The Kier molecular flexibility index (Phi) is 7.75. The number of hydrogen-bond donors (Lipinski definition) is 1. The highest BCUT2D eigenvalue weighted by Crippen LogP contribution is 2.25. The van der Waals surface area contributed by atoms with Crippen molar-refractivity contribution in [3.05, 3.63) is 28.8 Å². The molecule has 1 rings (SSSR count). The van der Waals surface area contributed by atoms with Crippen LogP contribution in [-0.4, -0.2) is 37.8 Å². The zero-order valence-corrected chi connectivity index (χ0v) is 13.1. The molecular formula is C14H23ClN2S. The molecule has 0 fully saturated rings. The normalized spacial score (nSPS) is 11.2. The second-order valence-corrected chi connectivity index (χ2v) is 6.15. The fourth-order valence-electron chi connectivity index (χ4n) is 1.56. The van der Waals surface area contributed by atoms with Gasteiger partial charge in [0.05, 0.1) is 0 Å². The summed E-state index contributed by atoms with van der Waals surface area (Å²) in [6, 6.07) is 6.18. The highest BCUT2D eigenvalue weighted by Gasteiger charge is 2.04. The lowest BCUT2D eigenvalue weighted by molar-refractivity contribution is 0.437. The van der Waals surface area contributed by atoms with Gasteiger partial charge in [-0.15, -0.1) is 11.8 Å². The van der Waals surface area contributed by atoms with E-state index in [1.54, 1.807) is 0 Å². The van der Waals surface area contributed by atoms with E-state index in [-0.39, 0.29) is 0 Å². The van der Waals surface area contributed by atoms with Gasteiger partial charge in [-0.2, -0.15) is 0 Å². The van der Waals surface area contributed by atoms with E-state index in [0.717, 1.165) is 36.8 Å². The fourth-order valence-corrected chi connectivity index (χ4v) is 2.92. The van der Waals surface area contributed by atoms with Gasteiger partial charge in [-0.25, -0.2) is 0 Å². The maximum atomic E-state index is 6.07. The first-order valence-corrected chi connectivity index (χ1v) is 7.76. The first kappa shape index (κ1) is 15.8. The zero-order valence-electron chi connectivity index (χ0n) is 11.5. The van der Waals surface area contributed by atoms with Crippen molar-refractivity contribution in [1.29, 1.82) is 0 Å². The first-order chi connectivity index (χ1) is 8.63. The Morgan fingerprint density at radius 1 is 1.33 bits per heavy atom. The predicted octanol–water partition coefficient (Wildman–Crippen LogP) is 3.49. The summed E-state index contributed by atoms with van der Waals surface area (Å²) < 4.78 is 0. The summed E-state index contributed by atoms with van der Waals surface area (Å²) in [6.07, 6.45) is 1.16. The third-order valence-electron chi connectivity index (χ3n) is 2.56. The Balaban J connectivity index is 2.58. The molecule has 0 atom stereocenters. The van der Waals surface area contributed by atoms with E-state index in [0.29, 0.717) is 0 Å². The Labute approximate surface area is 120 Å². The molecule has 0 aliphatic heterocycles. The molecule has 0 heterocycles. The van der Waals surface area contributed by atoms with Crippen LogP contribution in [0.1, 0.15) is 18.9 Å². The van der Waals surface area contributed by atoms with Gasteiger partial charge in [0.15, 0.2) is 0 Å². The topological polar surface area (TPSA) is 15.3 Å². The number of benzene rings is 1. The molecule has 0 aliphatic carbocycles. The molecule has 4 heteroatoms. The van der Waals surface area contributed by atoms with Gasteiger partial charge in [-0.1, -0.05) is 18.5 Å². The number of nitrogens with zero attached hydrogens (tertiary/aromatic N) is 1. The molecule has 0 saturated carbocycles. The molecule has 0 saturated heterocycles. The van der Waals surface area contributed by atoms with Crippen molar-refractivity contribution in [3.8, 4) is 0 Å². The molecule has 0 unspecified atom stereocenters. The quantitative estimate of drug-likeness (QED) is 0.582. The lowest BCUT2D eigenvalue weighted by atomic mass is 10.2. The van der Waals surface area contributed by atoms with Crippen molar-refractivity contribution < 1.29 is 0 Å². The molecule has 0 radical (unpaired) electrons. The van der Waals surface area contributed by atoms with Gasteiger partial charge in [0.1, 0.15) is 0 Å². The summed E-state index contributed by atoms with van der Waals surface area (Å²) in [6.45, 7) is 5.22. The minimum atomic E-state index is 0.820. The number of rotatable bonds is 8. The van der Waals surface area contributed by atoms with Crippen LogP contribution in [0.3, 0.4) is 0 Å². The van der Waals surface area contributed by atoms with E-state index >= 15 is 0 Å². The first-order valence-electron chi connectivity index (χ1n) is 6.40. The van der Waals surface area contributed by atoms with Crippen molar-refractivity contribution in [2.75, 3.05) is 32.9 Å². The average Bonchev–Trinajstić information content (AvgIpc) is 2.32. The maximum absolute atomic E-state index is 6.07. The molecule has 1 aromatic rings. The minimum Gasteiger partial charge on any atom is -0.313 e. The Morgan fingerprint density at radius 3 is 2.78 bits per heavy atom. The van der Waals surface area contributed by atoms with Crippen LogP contribution < -0.4 is 5.32 Å². The third-order valence-corrected chi connectivity index (χ3v) is 3.89. The molecule has 0 aliphatic rings. The molecule has 18 heavy (non-hydrogen) atoms. The summed E-state index contributed by atoms with van der Waals surface area (Å²) in [5.74, 6) is 1.11. The van der Waals surface area contributed by atoms with Crippen molar-refractivity contribution in [2.45, 2.75) is 24.8 Å². The number of hydrogen-bond acceptors (Lipinski definition) is 3. The van der Waals surface area contributed by atoms with Crippen molar-refractivity contribution >= 4 is 23.4 Å². The van der Waals surface area contributed by atoms with Gasteiger partial charge in [0, 0.05) is 28.8 Å². The van der Waals surface area contributed by atoms with Crippen LogP contribution in [0.15, 0.2) is 23.1 Å². The summed E-state index contributed by atoms with van der Waals surface area (Å²) >= 11 is 7.97. The Morgan fingerprint density at radius 2 is 2.11 bits per heavy atom. The molecule has 1 N–H and O–H groups in total. The van der Waals surface area contributed by atoms with Crippen molar-refractivity contribution in [3.63, 3.8) is 0 Å². The lowest BCUT2D eigenvalue weighted by Crippen LogP contribution is -2.16. The molecule has 2 nitrogen and oxygen atoms in total. The molecular weight excluding hydrogens is 264 g/mol. The van der Waals surface area contributed by atoms with Crippen LogP contribution in [0.4, 0.5) is 0 Å². The van der Waals surface area contributed by atoms with E-state index in [9.17, 15) is 0 Å². The minimum absolute atomic E-state index is 0.820. The van der Waals surface area contributed by atoms with Gasteiger partial charge >= 0.3 is 0 Å². The van der Waals surface area contributed by atoms with Gasteiger partial charge in [-0.05, 0) is 50.8 Å². The Bertz CT molecular complexity index is 356. The van der Waals surface area contributed by atoms with Crippen molar-refractivity contribution in [1.82, 2.24) is 10.2 Å². The smallest absolute Gasteiger partial charge is 0.0410 e. The van der Waals surface area contributed by atoms with E-state index in [4.69, 9.17) is 11.6 Å².